The van der Waals surface area contributed by atoms with E-state index in [4.69, 9.17) is 0 Å². The van der Waals surface area contributed by atoms with Crippen LogP contribution in [0.1, 0.15) is 0 Å². The number of rotatable bonds is 2. The molecule has 0 spiro atoms. The lowest BCUT2D eigenvalue weighted by atomic mass is 10.3. The van der Waals surface area contributed by atoms with Gasteiger partial charge in [0.25, 0.3) is 20.2 Å². The fraction of sp³-hybridized carbons (Fsp3) is 0. The smallest absolute Gasteiger partial charge is 0.282 e. The highest BCUT2D eigenvalue weighted by Gasteiger charge is 2.32. The molecule has 2 aromatic rings. The maximum absolute atomic E-state index is 11.6. The van der Waals surface area contributed by atoms with Gasteiger partial charge in [0.1, 0.15) is 9.79 Å². The summed E-state index contributed by atoms with van der Waals surface area (Å²) in [6.45, 7) is 0. The fourth-order valence-corrected chi connectivity index (χ4v) is 6.73. The van der Waals surface area contributed by atoms with E-state index in [0.29, 0.717) is 4.90 Å². The van der Waals surface area contributed by atoms with Crippen LogP contribution in [0.3, 0.4) is 0 Å². The predicted octanol–water partition coefficient (Wildman–Crippen LogP) is 2.80. The molecule has 2 aromatic carbocycles. The van der Waals surface area contributed by atoms with E-state index < -0.39 is 30.0 Å². The quantitative estimate of drug-likeness (QED) is 0.657. The Balaban J connectivity index is 2.33. The normalized spacial score (nSPS) is 14.3. The summed E-state index contributed by atoms with van der Waals surface area (Å²) in [4.78, 5) is 0.573. The summed E-state index contributed by atoms with van der Waals surface area (Å²) >= 11 is 2.29. The van der Waals surface area contributed by atoms with Crippen molar-refractivity contribution in [2.24, 2.45) is 0 Å². The molecular weight excluding hydrogens is 368 g/mol. The molecule has 0 saturated carbocycles. The van der Waals surface area contributed by atoms with Gasteiger partial charge in [0.2, 0.25) is 0 Å². The van der Waals surface area contributed by atoms with Crippen LogP contribution >= 0.6 is 23.5 Å². The van der Waals surface area contributed by atoms with Crippen molar-refractivity contribution in [1.29, 1.82) is 0 Å². The minimum Gasteiger partial charge on any atom is -0.282 e. The minimum absolute atomic E-state index is 0.0846. The lowest BCUT2D eigenvalue weighted by Gasteiger charge is -2.20. The maximum atomic E-state index is 11.6. The highest BCUT2D eigenvalue weighted by molar-refractivity contribution is 8.05. The molecule has 0 unspecified atom stereocenters. The molecule has 1 aliphatic heterocycles. The third kappa shape index (κ3) is 2.77. The summed E-state index contributed by atoms with van der Waals surface area (Å²) in [6, 6.07) is 9.56. The van der Waals surface area contributed by atoms with Crippen molar-refractivity contribution in [2.75, 3.05) is 0 Å². The zero-order chi connectivity index (χ0) is 16.1. The first-order valence-corrected chi connectivity index (χ1v) is 10.3. The van der Waals surface area contributed by atoms with Gasteiger partial charge in [-0.15, -0.1) is 0 Å². The van der Waals surface area contributed by atoms with Crippen LogP contribution in [0.2, 0.25) is 0 Å². The first kappa shape index (κ1) is 15.8. The van der Waals surface area contributed by atoms with Gasteiger partial charge in [-0.2, -0.15) is 16.8 Å². The zero-order valence-electron chi connectivity index (χ0n) is 10.6. The highest BCUT2D eigenvalue weighted by Crippen LogP contribution is 2.51. The van der Waals surface area contributed by atoms with E-state index in [1.54, 1.807) is 12.1 Å². The first-order valence-electron chi connectivity index (χ1n) is 5.74. The molecule has 2 N–H and O–H groups in total. The molecule has 10 heteroatoms. The summed E-state index contributed by atoms with van der Waals surface area (Å²) < 4.78 is 64.7. The second-order valence-electron chi connectivity index (χ2n) is 4.32. The highest BCUT2D eigenvalue weighted by atomic mass is 32.2. The van der Waals surface area contributed by atoms with E-state index in [1.807, 2.05) is 12.1 Å². The van der Waals surface area contributed by atoms with Crippen molar-refractivity contribution in [2.45, 2.75) is 29.4 Å². The van der Waals surface area contributed by atoms with Crippen molar-refractivity contribution in [3.63, 3.8) is 0 Å². The van der Waals surface area contributed by atoms with Crippen LogP contribution in [-0.2, 0) is 20.2 Å². The Hall–Kier alpha value is -1.04. The molecule has 6 nitrogen and oxygen atoms in total. The topological polar surface area (TPSA) is 109 Å². The van der Waals surface area contributed by atoms with Crippen molar-refractivity contribution in [1.82, 2.24) is 0 Å². The third-order valence-electron chi connectivity index (χ3n) is 2.86. The van der Waals surface area contributed by atoms with E-state index >= 15 is 0 Å². The van der Waals surface area contributed by atoms with Gasteiger partial charge < -0.3 is 0 Å². The third-order valence-corrected chi connectivity index (χ3v) is 7.55. The Kier molecular flexibility index (Phi) is 3.78. The fourth-order valence-electron chi connectivity index (χ4n) is 2.00. The molecule has 0 atom stereocenters. The van der Waals surface area contributed by atoms with Crippen LogP contribution in [-0.4, -0.2) is 25.9 Å². The Morgan fingerprint density at radius 2 is 1.32 bits per heavy atom. The molecule has 1 heterocycles. The molecular formula is C12H8O6S4. The molecule has 3 rings (SSSR count). The Morgan fingerprint density at radius 1 is 0.727 bits per heavy atom. The summed E-state index contributed by atoms with van der Waals surface area (Å²) in [5.74, 6) is 0. The van der Waals surface area contributed by atoms with Crippen LogP contribution in [0.25, 0.3) is 0 Å². The molecule has 0 radical (unpaired) electrons. The summed E-state index contributed by atoms with van der Waals surface area (Å²) in [6.07, 6.45) is 0. The molecule has 0 bridgehead atoms. The average Bonchev–Trinajstić information content (AvgIpc) is 2.41. The van der Waals surface area contributed by atoms with Crippen molar-refractivity contribution < 1.29 is 25.9 Å². The largest absolute Gasteiger partial charge is 0.297 e. The van der Waals surface area contributed by atoms with Gasteiger partial charge in [0.05, 0.1) is 0 Å². The number of hydrogen-bond donors (Lipinski definition) is 2. The predicted molar refractivity (Wildman–Crippen MR) is 80.8 cm³/mol. The summed E-state index contributed by atoms with van der Waals surface area (Å²) in [7, 11) is -9.62. The summed E-state index contributed by atoms with van der Waals surface area (Å²) in [5, 5.41) is 0. The van der Waals surface area contributed by atoms with Crippen LogP contribution < -0.4 is 0 Å². The maximum Gasteiger partial charge on any atom is 0.297 e. The lowest BCUT2D eigenvalue weighted by molar-refractivity contribution is 0.463. The van der Waals surface area contributed by atoms with Crippen molar-refractivity contribution in [3.8, 4) is 0 Å². The zero-order valence-corrected chi connectivity index (χ0v) is 13.9. The molecule has 0 aromatic heterocycles. The Labute approximate surface area is 135 Å². The molecule has 0 saturated heterocycles. The van der Waals surface area contributed by atoms with Gasteiger partial charge in [-0.25, -0.2) is 0 Å². The first-order chi connectivity index (χ1) is 10.2. The van der Waals surface area contributed by atoms with Gasteiger partial charge in [-0.3, -0.25) is 9.11 Å². The average molecular weight is 376 g/mol. The van der Waals surface area contributed by atoms with Gasteiger partial charge in [-0.05, 0) is 24.3 Å². The molecule has 0 fully saturated rings. The van der Waals surface area contributed by atoms with Gasteiger partial charge in [-0.1, -0.05) is 35.7 Å². The van der Waals surface area contributed by atoms with Gasteiger partial charge in [0.15, 0.2) is 0 Å². The van der Waals surface area contributed by atoms with Crippen LogP contribution in [0.4, 0.5) is 0 Å². The van der Waals surface area contributed by atoms with E-state index in [0.717, 1.165) is 27.6 Å². The molecule has 22 heavy (non-hydrogen) atoms. The molecule has 1 aliphatic rings. The van der Waals surface area contributed by atoms with Crippen LogP contribution in [0, 0.1) is 0 Å². The Bertz CT molecular complexity index is 979. The van der Waals surface area contributed by atoms with Crippen LogP contribution in [0.15, 0.2) is 65.8 Å². The second-order valence-corrected chi connectivity index (χ2v) is 9.21. The number of fused-ring (bicyclic) bond motifs is 2. The van der Waals surface area contributed by atoms with E-state index in [2.05, 4.69) is 0 Å². The van der Waals surface area contributed by atoms with E-state index in [-0.39, 0.29) is 4.90 Å². The van der Waals surface area contributed by atoms with Crippen molar-refractivity contribution >= 4 is 43.8 Å². The van der Waals surface area contributed by atoms with E-state index in [9.17, 15) is 25.9 Å². The van der Waals surface area contributed by atoms with Crippen molar-refractivity contribution in [3.05, 3.63) is 36.4 Å². The minimum atomic E-state index is -4.83. The Morgan fingerprint density at radius 3 is 1.86 bits per heavy atom. The number of hydrogen-bond acceptors (Lipinski definition) is 6. The van der Waals surface area contributed by atoms with E-state index in [1.165, 1.54) is 17.8 Å². The SMILES string of the molecule is O=S(=O)(O)c1ccc2c(c1S(=O)(=O)O)Sc1ccccc1S2. The standard InChI is InChI=1S/C12H8O6S4/c13-21(14,15)10-6-5-9-11(12(10)22(16,17)18)20-8-4-2-1-3-7(8)19-9/h1-6H,(H,13,14,15)(H,16,17,18). The van der Waals surface area contributed by atoms with Crippen LogP contribution in [0.5, 0.6) is 0 Å². The summed E-state index contributed by atoms with van der Waals surface area (Å²) in [5.41, 5.74) is 0. The molecule has 116 valence electrons. The number of benzene rings is 2. The lowest BCUT2D eigenvalue weighted by Crippen LogP contribution is -2.11. The molecule has 0 amide bonds. The molecule has 0 aliphatic carbocycles. The van der Waals surface area contributed by atoms with Gasteiger partial charge in [0, 0.05) is 19.6 Å². The van der Waals surface area contributed by atoms with Gasteiger partial charge >= 0.3 is 0 Å². The second kappa shape index (κ2) is 5.25. The monoisotopic (exact) mass is 376 g/mol.